The Morgan fingerprint density at radius 3 is 2.33 bits per heavy atom. The largest absolute Gasteiger partial charge is 0.351 e. The number of thioether (sulfide) groups is 1. The minimum absolute atomic E-state index is 0.131. The van der Waals surface area contributed by atoms with E-state index in [9.17, 15) is 13.2 Å². The molecule has 1 amide bonds. The van der Waals surface area contributed by atoms with Crippen LogP contribution in [0, 0.1) is 6.92 Å². The number of aryl methyl sites for hydroxylation is 1. The van der Waals surface area contributed by atoms with Gasteiger partial charge >= 0.3 is 0 Å². The van der Waals surface area contributed by atoms with Crippen molar-refractivity contribution in [1.82, 2.24) is 10.0 Å². The van der Waals surface area contributed by atoms with E-state index in [0.29, 0.717) is 18.7 Å². The van der Waals surface area contributed by atoms with Gasteiger partial charge in [0, 0.05) is 11.0 Å². The van der Waals surface area contributed by atoms with E-state index < -0.39 is 16.1 Å². The molecule has 0 aliphatic heterocycles. The fraction of sp³-hybridized carbons (Fsp3) is 0.316. The molecular formula is C19H23BrN2O3S2. The molecule has 2 N–H and O–H groups in total. The lowest BCUT2D eigenvalue weighted by molar-refractivity contribution is -0.122. The molecule has 0 aliphatic carbocycles. The highest BCUT2D eigenvalue weighted by molar-refractivity contribution is 9.10. The summed E-state index contributed by atoms with van der Waals surface area (Å²) in [6, 6.07) is 13.3. The zero-order chi connectivity index (χ0) is 19.9. The van der Waals surface area contributed by atoms with Gasteiger partial charge in [0.1, 0.15) is 6.04 Å². The summed E-state index contributed by atoms with van der Waals surface area (Å²) in [6.45, 7) is 2.35. The van der Waals surface area contributed by atoms with Crippen LogP contribution in [0.25, 0.3) is 0 Å². The molecule has 2 rings (SSSR count). The second-order valence-electron chi connectivity index (χ2n) is 6.11. The van der Waals surface area contributed by atoms with Crippen LogP contribution in [0.4, 0.5) is 0 Å². The number of halogens is 1. The lowest BCUT2D eigenvalue weighted by Crippen LogP contribution is -2.46. The summed E-state index contributed by atoms with van der Waals surface area (Å²) in [6.07, 6.45) is 2.33. The first-order valence-electron chi connectivity index (χ1n) is 8.42. The van der Waals surface area contributed by atoms with Crippen LogP contribution in [0.3, 0.4) is 0 Å². The predicted molar refractivity (Wildman–Crippen MR) is 114 cm³/mol. The highest BCUT2D eigenvalue weighted by atomic mass is 79.9. The van der Waals surface area contributed by atoms with Crippen molar-refractivity contribution in [2.24, 2.45) is 0 Å². The van der Waals surface area contributed by atoms with Crippen LogP contribution in [0.2, 0.25) is 0 Å². The zero-order valence-corrected chi connectivity index (χ0v) is 18.5. The standard InChI is InChI=1S/C19H23BrN2O3S2/c1-14-3-5-15(6-4-14)13-21-19(23)18(11-12-26-2)22-27(24,25)17-9-7-16(20)8-10-17/h3-10,18,22H,11-13H2,1-2H3,(H,21,23). The lowest BCUT2D eigenvalue weighted by Gasteiger charge is -2.18. The highest BCUT2D eigenvalue weighted by Crippen LogP contribution is 2.15. The molecule has 0 bridgehead atoms. The van der Waals surface area contributed by atoms with Crippen molar-refractivity contribution < 1.29 is 13.2 Å². The van der Waals surface area contributed by atoms with Crippen molar-refractivity contribution in [1.29, 1.82) is 0 Å². The average Bonchev–Trinajstić information content (AvgIpc) is 2.64. The number of carbonyl (C=O) groups is 1. The Morgan fingerprint density at radius 1 is 1.11 bits per heavy atom. The van der Waals surface area contributed by atoms with Crippen molar-refractivity contribution >= 4 is 43.6 Å². The van der Waals surface area contributed by atoms with Gasteiger partial charge in [-0.2, -0.15) is 16.5 Å². The van der Waals surface area contributed by atoms with Gasteiger partial charge in [0.05, 0.1) is 4.90 Å². The fourth-order valence-electron chi connectivity index (χ4n) is 2.37. The Hall–Kier alpha value is -1.35. The van der Waals surface area contributed by atoms with E-state index in [-0.39, 0.29) is 10.8 Å². The molecule has 2 aromatic carbocycles. The third-order valence-electron chi connectivity index (χ3n) is 3.94. The van der Waals surface area contributed by atoms with Gasteiger partial charge in [0.15, 0.2) is 0 Å². The van der Waals surface area contributed by atoms with E-state index in [4.69, 9.17) is 0 Å². The van der Waals surface area contributed by atoms with Crippen molar-refractivity contribution in [2.45, 2.75) is 30.8 Å². The van der Waals surface area contributed by atoms with Gasteiger partial charge in [-0.15, -0.1) is 0 Å². The number of benzene rings is 2. The monoisotopic (exact) mass is 470 g/mol. The predicted octanol–water partition coefficient (Wildman–Crippen LogP) is 3.47. The quantitative estimate of drug-likeness (QED) is 0.588. The number of sulfonamides is 1. The van der Waals surface area contributed by atoms with Crippen LogP contribution in [0.15, 0.2) is 57.9 Å². The van der Waals surface area contributed by atoms with Crippen molar-refractivity contribution in [3.05, 3.63) is 64.1 Å². The molecule has 27 heavy (non-hydrogen) atoms. The maximum atomic E-state index is 12.6. The molecule has 5 nitrogen and oxygen atoms in total. The fourth-order valence-corrected chi connectivity index (χ4v) is 4.33. The maximum Gasteiger partial charge on any atom is 0.241 e. The van der Waals surface area contributed by atoms with Gasteiger partial charge in [-0.3, -0.25) is 4.79 Å². The summed E-state index contributed by atoms with van der Waals surface area (Å²) < 4.78 is 28.6. The number of amides is 1. The molecule has 146 valence electrons. The zero-order valence-electron chi connectivity index (χ0n) is 15.2. The Bertz CT molecular complexity index is 854. The van der Waals surface area contributed by atoms with Gasteiger partial charge < -0.3 is 5.32 Å². The summed E-state index contributed by atoms with van der Waals surface area (Å²) in [7, 11) is -3.78. The van der Waals surface area contributed by atoms with Gasteiger partial charge in [-0.1, -0.05) is 45.8 Å². The number of rotatable bonds is 9. The molecule has 0 fully saturated rings. The van der Waals surface area contributed by atoms with Crippen LogP contribution >= 0.6 is 27.7 Å². The van der Waals surface area contributed by atoms with Crippen LogP contribution < -0.4 is 10.0 Å². The van der Waals surface area contributed by atoms with Crippen molar-refractivity contribution in [3.63, 3.8) is 0 Å². The minimum Gasteiger partial charge on any atom is -0.351 e. The van der Waals surface area contributed by atoms with Crippen molar-refractivity contribution in [3.8, 4) is 0 Å². The molecule has 2 aromatic rings. The molecule has 0 aromatic heterocycles. The van der Waals surface area contributed by atoms with E-state index in [0.717, 1.165) is 15.6 Å². The van der Waals surface area contributed by atoms with Crippen LogP contribution in [-0.4, -0.2) is 32.4 Å². The molecule has 0 spiro atoms. The molecule has 0 heterocycles. The molecule has 0 radical (unpaired) electrons. The summed E-state index contributed by atoms with van der Waals surface area (Å²) in [4.78, 5) is 12.7. The number of carbonyl (C=O) groups excluding carboxylic acids is 1. The van der Waals surface area contributed by atoms with Crippen LogP contribution in [0.1, 0.15) is 17.5 Å². The topological polar surface area (TPSA) is 75.3 Å². The minimum atomic E-state index is -3.78. The second kappa shape index (κ2) is 10.3. The molecule has 1 atom stereocenters. The molecule has 0 aliphatic rings. The summed E-state index contributed by atoms with van der Waals surface area (Å²) in [5.74, 6) is 0.344. The van der Waals surface area contributed by atoms with E-state index in [2.05, 4.69) is 26.0 Å². The van der Waals surface area contributed by atoms with E-state index in [1.807, 2.05) is 37.4 Å². The van der Waals surface area contributed by atoms with Gasteiger partial charge in [0.2, 0.25) is 15.9 Å². The molecule has 0 saturated carbocycles. The third kappa shape index (κ3) is 6.95. The summed E-state index contributed by atoms with van der Waals surface area (Å²) >= 11 is 4.85. The Kier molecular flexibility index (Phi) is 8.34. The SMILES string of the molecule is CSCCC(NS(=O)(=O)c1ccc(Br)cc1)C(=O)NCc1ccc(C)cc1. The lowest BCUT2D eigenvalue weighted by atomic mass is 10.1. The van der Waals surface area contributed by atoms with Gasteiger partial charge in [0.25, 0.3) is 0 Å². The van der Waals surface area contributed by atoms with E-state index in [1.54, 1.807) is 23.9 Å². The first-order chi connectivity index (χ1) is 12.8. The average molecular weight is 471 g/mol. The molecule has 8 heteroatoms. The normalized spacial score (nSPS) is 12.6. The van der Waals surface area contributed by atoms with Gasteiger partial charge in [-0.05, 0) is 55.2 Å². The number of hydrogen-bond acceptors (Lipinski definition) is 4. The smallest absolute Gasteiger partial charge is 0.241 e. The van der Waals surface area contributed by atoms with Crippen LogP contribution in [-0.2, 0) is 21.4 Å². The Morgan fingerprint density at radius 2 is 1.74 bits per heavy atom. The Labute approximate surface area is 173 Å². The van der Waals surface area contributed by atoms with Crippen molar-refractivity contribution in [2.75, 3.05) is 12.0 Å². The molecular weight excluding hydrogens is 448 g/mol. The number of hydrogen-bond donors (Lipinski definition) is 2. The van der Waals surface area contributed by atoms with Gasteiger partial charge in [-0.25, -0.2) is 8.42 Å². The third-order valence-corrected chi connectivity index (χ3v) is 6.60. The summed E-state index contributed by atoms with van der Waals surface area (Å²) in [5, 5.41) is 2.83. The number of nitrogens with one attached hydrogen (secondary N) is 2. The summed E-state index contributed by atoms with van der Waals surface area (Å²) in [5.41, 5.74) is 2.11. The maximum absolute atomic E-state index is 12.6. The molecule has 0 saturated heterocycles. The van der Waals surface area contributed by atoms with E-state index in [1.165, 1.54) is 12.1 Å². The van der Waals surface area contributed by atoms with E-state index >= 15 is 0 Å². The molecule has 1 unspecified atom stereocenters. The Balaban J connectivity index is 2.07. The first-order valence-corrected chi connectivity index (χ1v) is 12.1. The second-order valence-corrected chi connectivity index (χ2v) is 9.73. The highest BCUT2D eigenvalue weighted by Gasteiger charge is 2.25. The van der Waals surface area contributed by atoms with Crippen LogP contribution in [0.5, 0.6) is 0 Å². The first kappa shape index (κ1) is 21.9.